The number of amides is 1. The van der Waals surface area contributed by atoms with Gasteiger partial charge in [0.2, 0.25) is 0 Å². The van der Waals surface area contributed by atoms with Gasteiger partial charge in [0.25, 0.3) is 5.91 Å². The minimum Gasteiger partial charge on any atom is -0.482 e. The molecule has 0 fully saturated rings. The lowest BCUT2D eigenvalue weighted by Crippen LogP contribution is -2.30. The summed E-state index contributed by atoms with van der Waals surface area (Å²) in [5.74, 6) is -0.0494. The number of hydrogen-bond donors (Lipinski definition) is 1. The fourth-order valence-corrected chi connectivity index (χ4v) is 1.99. The van der Waals surface area contributed by atoms with Gasteiger partial charge < -0.3 is 10.1 Å². The zero-order valence-corrected chi connectivity index (χ0v) is 12.1. The molecule has 1 amide bonds. The number of halogens is 2. The SMILES string of the molecule is O=C(COc1ccccc1Cl)NCCc1cccc(F)c1. The first kappa shape index (κ1) is 15.3. The summed E-state index contributed by atoms with van der Waals surface area (Å²) in [5.41, 5.74) is 0.835. The molecule has 2 rings (SSSR count). The number of benzene rings is 2. The summed E-state index contributed by atoms with van der Waals surface area (Å²) in [7, 11) is 0. The number of carbonyl (C=O) groups excluding carboxylic acids is 1. The molecule has 0 spiro atoms. The van der Waals surface area contributed by atoms with E-state index in [4.69, 9.17) is 16.3 Å². The maximum Gasteiger partial charge on any atom is 0.257 e. The van der Waals surface area contributed by atoms with Gasteiger partial charge in [0.05, 0.1) is 5.02 Å². The van der Waals surface area contributed by atoms with Gasteiger partial charge in [-0.25, -0.2) is 4.39 Å². The van der Waals surface area contributed by atoms with E-state index in [9.17, 15) is 9.18 Å². The Morgan fingerprint density at radius 2 is 2.00 bits per heavy atom. The van der Waals surface area contributed by atoms with Crippen molar-refractivity contribution >= 4 is 17.5 Å². The standard InChI is InChI=1S/C16H15ClFNO2/c17-14-6-1-2-7-15(14)21-11-16(20)19-9-8-12-4-3-5-13(18)10-12/h1-7,10H,8-9,11H2,(H,19,20). The van der Waals surface area contributed by atoms with E-state index in [0.29, 0.717) is 23.7 Å². The average Bonchev–Trinajstić information content (AvgIpc) is 2.46. The van der Waals surface area contributed by atoms with E-state index in [-0.39, 0.29) is 18.3 Å². The lowest BCUT2D eigenvalue weighted by Gasteiger charge is -2.08. The van der Waals surface area contributed by atoms with Crippen LogP contribution in [0.1, 0.15) is 5.56 Å². The Labute approximate surface area is 127 Å². The van der Waals surface area contributed by atoms with Gasteiger partial charge in [-0.15, -0.1) is 0 Å². The molecule has 0 saturated carbocycles. The molecule has 21 heavy (non-hydrogen) atoms. The zero-order chi connectivity index (χ0) is 15.1. The Hall–Kier alpha value is -2.07. The third-order valence-corrected chi connectivity index (χ3v) is 3.13. The molecule has 0 aliphatic rings. The summed E-state index contributed by atoms with van der Waals surface area (Å²) in [6.45, 7) is 0.320. The molecular weight excluding hydrogens is 293 g/mol. The lowest BCUT2D eigenvalue weighted by molar-refractivity contribution is -0.123. The van der Waals surface area contributed by atoms with Crippen LogP contribution in [0.25, 0.3) is 0 Å². The van der Waals surface area contributed by atoms with E-state index in [1.165, 1.54) is 12.1 Å². The van der Waals surface area contributed by atoms with E-state index < -0.39 is 0 Å². The van der Waals surface area contributed by atoms with Crippen molar-refractivity contribution in [1.82, 2.24) is 5.32 Å². The maximum absolute atomic E-state index is 13.0. The molecule has 0 aromatic heterocycles. The fourth-order valence-electron chi connectivity index (χ4n) is 1.79. The van der Waals surface area contributed by atoms with Crippen molar-refractivity contribution < 1.29 is 13.9 Å². The van der Waals surface area contributed by atoms with Crippen LogP contribution in [-0.2, 0) is 11.2 Å². The summed E-state index contributed by atoms with van der Waals surface area (Å²) in [6.07, 6.45) is 0.565. The van der Waals surface area contributed by atoms with Crippen LogP contribution >= 0.6 is 11.6 Å². The quantitative estimate of drug-likeness (QED) is 0.890. The second kappa shape index (κ2) is 7.64. The van der Waals surface area contributed by atoms with Crippen molar-refractivity contribution in [2.45, 2.75) is 6.42 Å². The first-order chi connectivity index (χ1) is 10.1. The van der Waals surface area contributed by atoms with Crippen molar-refractivity contribution in [3.63, 3.8) is 0 Å². The monoisotopic (exact) mass is 307 g/mol. The number of carbonyl (C=O) groups is 1. The van der Waals surface area contributed by atoms with Crippen LogP contribution in [0.3, 0.4) is 0 Å². The van der Waals surface area contributed by atoms with Crippen molar-refractivity contribution in [1.29, 1.82) is 0 Å². The molecule has 3 nitrogen and oxygen atoms in total. The molecule has 5 heteroatoms. The molecule has 0 aliphatic carbocycles. The van der Waals surface area contributed by atoms with Crippen LogP contribution in [0.4, 0.5) is 4.39 Å². The predicted octanol–water partition coefficient (Wildman–Crippen LogP) is 3.22. The molecule has 0 bridgehead atoms. The van der Waals surface area contributed by atoms with E-state index in [2.05, 4.69) is 5.32 Å². The summed E-state index contributed by atoms with van der Waals surface area (Å²) < 4.78 is 18.3. The number of rotatable bonds is 6. The van der Waals surface area contributed by atoms with Gasteiger partial charge in [-0.1, -0.05) is 35.9 Å². The van der Waals surface area contributed by atoms with Gasteiger partial charge in [0, 0.05) is 6.54 Å². The van der Waals surface area contributed by atoms with E-state index in [1.807, 2.05) is 6.07 Å². The van der Waals surface area contributed by atoms with Gasteiger partial charge >= 0.3 is 0 Å². The van der Waals surface area contributed by atoms with Crippen molar-refractivity contribution in [3.8, 4) is 5.75 Å². The first-order valence-corrected chi connectivity index (χ1v) is 6.91. The van der Waals surface area contributed by atoms with E-state index in [1.54, 1.807) is 30.3 Å². The Morgan fingerprint density at radius 1 is 1.19 bits per heavy atom. The predicted molar refractivity (Wildman–Crippen MR) is 80.1 cm³/mol. The molecule has 0 saturated heterocycles. The molecule has 0 atom stereocenters. The Balaban J connectivity index is 1.72. The smallest absolute Gasteiger partial charge is 0.257 e. The van der Waals surface area contributed by atoms with Crippen LogP contribution in [0.5, 0.6) is 5.75 Å². The van der Waals surface area contributed by atoms with Crippen LogP contribution in [0, 0.1) is 5.82 Å². The Bertz CT molecular complexity index is 619. The van der Waals surface area contributed by atoms with Crippen LogP contribution in [-0.4, -0.2) is 19.1 Å². The number of para-hydroxylation sites is 1. The molecule has 1 N–H and O–H groups in total. The number of ether oxygens (including phenoxy) is 1. The van der Waals surface area contributed by atoms with Crippen LogP contribution in [0.2, 0.25) is 5.02 Å². The molecule has 0 radical (unpaired) electrons. The van der Waals surface area contributed by atoms with Crippen LogP contribution < -0.4 is 10.1 Å². The largest absolute Gasteiger partial charge is 0.482 e. The van der Waals surface area contributed by atoms with Gasteiger partial charge in [0.1, 0.15) is 11.6 Å². The van der Waals surface area contributed by atoms with Crippen LogP contribution in [0.15, 0.2) is 48.5 Å². The van der Waals surface area contributed by atoms with E-state index in [0.717, 1.165) is 5.56 Å². The molecule has 2 aromatic rings. The lowest BCUT2D eigenvalue weighted by atomic mass is 10.1. The minimum absolute atomic E-state index is 0.104. The Morgan fingerprint density at radius 3 is 2.76 bits per heavy atom. The average molecular weight is 308 g/mol. The second-order valence-electron chi connectivity index (χ2n) is 4.45. The fraction of sp³-hybridized carbons (Fsp3) is 0.188. The highest BCUT2D eigenvalue weighted by Gasteiger charge is 2.05. The molecular formula is C16H15ClFNO2. The molecule has 2 aromatic carbocycles. The molecule has 0 heterocycles. The topological polar surface area (TPSA) is 38.3 Å². The highest BCUT2D eigenvalue weighted by atomic mass is 35.5. The van der Waals surface area contributed by atoms with Crippen molar-refractivity contribution in [2.24, 2.45) is 0 Å². The molecule has 0 unspecified atom stereocenters. The maximum atomic E-state index is 13.0. The van der Waals surface area contributed by atoms with Gasteiger partial charge in [-0.05, 0) is 36.2 Å². The van der Waals surface area contributed by atoms with E-state index >= 15 is 0 Å². The summed E-state index contributed by atoms with van der Waals surface area (Å²) in [6, 6.07) is 13.3. The second-order valence-corrected chi connectivity index (χ2v) is 4.86. The third kappa shape index (κ3) is 5.08. The normalized spacial score (nSPS) is 10.2. The van der Waals surface area contributed by atoms with Crippen molar-refractivity contribution in [3.05, 3.63) is 64.9 Å². The van der Waals surface area contributed by atoms with Gasteiger partial charge in [-0.2, -0.15) is 0 Å². The number of nitrogens with one attached hydrogen (secondary N) is 1. The first-order valence-electron chi connectivity index (χ1n) is 6.53. The highest BCUT2D eigenvalue weighted by molar-refractivity contribution is 6.32. The van der Waals surface area contributed by atoms with Gasteiger partial charge in [-0.3, -0.25) is 4.79 Å². The summed E-state index contributed by atoms with van der Waals surface area (Å²) in [5, 5.41) is 3.17. The molecule has 110 valence electrons. The summed E-state index contributed by atoms with van der Waals surface area (Å²) in [4.78, 5) is 11.6. The number of hydrogen-bond acceptors (Lipinski definition) is 2. The van der Waals surface area contributed by atoms with Crippen molar-refractivity contribution in [2.75, 3.05) is 13.2 Å². The highest BCUT2D eigenvalue weighted by Crippen LogP contribution is 2.22. The summed E-state index contributed by atoms with van der Waals surface area (Å²) >= 11 is 5.91. The van der Waals surface area contributed by atoms with Gasteiger partial charge in [0.15, 0.2) is 6.61 Å². The minimum atomic E-state index is -0.277. The molecule has 0 aliphatic heterocycles. The zero-order valence-electron chi connectivity index (χ0n) is 11.3. The Kier molecular flexibility index (Phi) is 5.58. The third-order valence-electron chi connectivity index (χ3n) is 2.82.